The molecule has 6 heteroatoms. The second-order valence-electron chi connectivity index (χ2n) is 3.90. The smallest absolute Gasteiger partial charge is 0.272 e. The van der Waals surface area contributed by atoms with E-state index < -0.39 is 0 Å². The zero-order chi connectivity index (χ0) is 13.8. The monoisotopic (exact) mass is 259 g/mol. The Hall–Kier alpha value is -2.63. The SMILES string of the molecule is COc1cn(C)c(C(=O)Nc2cccnc2)cc1=O. The highest BCUT2D eigenvalue weighted by molar-refractivity contribution is 6.02. The fourth-order valence-electron chi connectivity index (χ4n) is 1.62. The highest BCUT2D eigenvalue weighted by Gasteiger charge is 2.12. The number of hydrogen-bond acceptors (Lipinski definition) is 4. The largest absolute Gasteiger partial charge is 0.491 e. The van der Waals surface area contributed by atoms with Crippen LogP contribution < -0.4 is 15.5 Å². The number of nitrogens with one attached hydrogen (secondary N) is 1. The molecule has 0 aromatic carbocycles. The van der Waals surface area contributed by atoms with E-state index in [1.165, 1.54) is 30.1 Å². The van der Waals surface area contributed by atoms with E-state index in [4.69, 9.17) is 4.74 Å². The van der Waals surface area contributed by atoms with Gasteiger partial charge in [-0.05, 0) is 12.1 Å². The molecule has 2 aromatic rings. The molecule has 2 rings (SSSR count). The van der Waals surface area contributed by atoms with Crippen molar-refractivity contribution in [3.8, 4) is 5.75 Å². The molecule has 0 atom stereocenters. The van der Waals surface area contributed by atoms with Crippen molar-refractivity contribution < 1.29 is 9.53 Å². The highest BCUT2D eigenvalue weighted by atomic mass is 16.5. The number of anilines is 1. The number of ether oxygens (including phenoxy) is 1. The predicted octanol–water partition coefficient (Wildman–Crippen LogP) is 1.04. The van der Waals surface area contributed by atoms with E-state index >= 15 is 0 Å². The molecule has 1 N–H and O–H groups in total. The maximum Gasteiger partial charge on any atom is 0.272 e. The molecule has 0 aliphatic rings. The number of methoxy groups -OCH3 is 1. The lowest BCUT2D eigenvalue weighted by Crippen LogP contribution is -2.21. The lowest BCUT2D eigenvalue weighted by Gasteiger charge is -2.10. The van der Waals surface area contributed by atoms with E-state index in [1.807, 2.05) is 0 Å². The molecule has 0 aliphatic carbocycles. The Morgan fingerprint density at radius 1 is 1.47 bits per heavy atom. The standard InChI is InChI=1S/C13H13N3O3/c1-16-8-12(19-2)11(17)6-10(16)13(18)15-9-4-3-5-14-7-9/h3-8H,1-2H3,(H,15,18). The van der Waals surface area contributed by atoms with Gasteiger partial charge in [0.25, 0.3) is 5.91 Å². The number of aromatic nitrogens is 2. The van der Waals surface area contributed by atoms with Crippen molar-refractivity contribution >= 4 is 11.6 Å². The van der Waals surface area contributed by atoms with Crippen molar-refractivity contribution in [3.63, 3.8) is 0 Å². The number of nitrogens with zero attached hydrogens (tertiary/aromatic N) is 2. The molecule has 2 heterocycles. The first-order valence-electron chi connectivity index (χ1n) is 5.58. The fraction of sp³-hybridized carbons (Fsp3) is 0.154. The van der Waals surface area contributed by atoms with Gasteiger partial charge in [-0.15, -0.1) is 0 Å². The van der Waals surface area contributed by atoms with Crippen molar-refractivity contribution in [2.75, 3.05) is 12.4 Å². The molecule has 1 amide bonds. The van der Waals surface area contributed by atoms with E-state index in [0.717, 1.165) is 0 Å². The van der Waals surface area contributed by atoms with Crippen LogP contribution in [0.2, 0.25) is 0 Å². The zero-order valence-electron chi connectivity index (χ0n) is 10.6. The first-order chi connectivity index (χ1) is 9.11. The van der Waals surface area contributed by atoms with Crippen molar-refractivity contribution in [3.05, 3.63) is 52.7 Å². The highest BCUT2D eigenvalue weighted by Crippen LogP contribution is 2.08. The molecule has 6 nitrogen and oxygen atoms in total. The average Bonchev–Trinajstić information content (AvgIpc) is 2.42. The number of carbonyl (C=O) groups is 1. The Balaban J connectivity index is 2.30. The molecule has 0 saturated carbocycles. The minimum absolute atomic E-state index is 0.195. The summed E-state index contributed by atoms with van der Waals surface area (Å²) in [5.41, 5.74) is 0.474. The fourth-order valence-corrected chi connectivity index (χ4v) is 1.62. The Labute approximate surface area is 109 Å². The molecular weight excluding hydrogens is 246 g/mol. The predicted molar refractivity (Wildman–Crippen MR) is 70.4 cm³/mol. The van der Waals surface area contributed by atoms with Crippen LogP contribution in [0.15, 0.2) is 41.6 Å². The van der Waals surface area contributed by atoms with Gasteiger partial charge in [-0.25, -0.2) is 0 Å². The van der Waals surface area contributed by atoms with Gasteiger partial charge >= 0.3 is 0 Å². The van der Waals surface area contributed by atoms with Gasteiger partial charge in [-0.2, -0.15) is 0 Å². The van der Waals surface area contributed by atoms with E-state index in [9.17, 15) is 9.59 Å². The van der Waals surface area contributed by atoms with Gasteiger partial charge in [0.15, 0.2) is 5.75 Å². The van der Waals surface area contributed by atoms with E-state index in [0.29, 0.717) is 5.69 Å². The van der Waals surface area contributed by atoms with Gasteiger partial charge in [0.05, 0.1) is 25.2 Å². The van der Waals surface area contributed by atoms with Crippen LogP contribution in [0.4, 0.5) is 5.69 Å². The van der Waals surface area contributed by atoms with Crippen LogP contribution in [0.3, 0.4) is 0 Å². The van der Waals surface area contributed by atoms with Crippen LogP contribution in [0.25, 0.3) is 0 Å². The van der Waals surface area contributed by atoms with Crippen LogP contribution in [-0.4, -0.2) is 22.6 Å². The molecule has 0 aliphatic heterocycles. The third-order valence-electron chi connectivity index (χ3n) is 2.57. The minimum Gasteiger partial charge on any atom is -0.491 e. The summed E-state index contributed by atoms with van der Waals surface area (Å²) in [4.78, 5) is 27.6. The summed E-state index contributed by atoms with van der Waals surface area (Å²) < 4.78 is 6.44. The van der Waals surface area contributed by atoms with Crippen molar-refractivity contribution in [2.45, 2.75) is 0 Å². The van der Waals surface area contributed by atoms with Gasteiger partial charge < -0.3 is 14.6 Å². The van der Waals surface area contributed by atoms with E-state index in [2.05, 4.69) is 10.3 Å². The summed E-state index contributed by atoms with van der Waals surface area (Å²) in [6.45, 7) is 0. The van der Waals surface area contributed by atoms with Gasteiger partial charge in [0.2, 0.25) is 5.43 Å². The quantitative estimate of drug-likeness (QED) is 0.893. The van der Waals surface area contributed by atoms with Gasteiger partial charge in [0.1, 0.15) is 5.69 Å². The average molecular weight is 259 g/mol. The molecule has 0 unspecified atom stereocenters. The van der Waals surface area contributed by atoms with Crippen molar-refractivity contribution in [2.24, 2.45) is 7.05 Å². The molecule has 19 heavy (non-hydrogen) atoms. The molecule has 2 aromatic heterocycles. The van der Waals surface area contributed by atoms with E-state index in [1.54, 1.807) is 25.4 Å². The Morgan fingerprint density at radius 3 is 2.89 bits per heavy atom. The van der Waals surface area contributed by atoms with Crippen LogP contribution >= 0.6 is 0 Å². The number of amides is 1. The van der Waals surface area contributed by atoms with Gasteiger partial charge in [-0.3, -0.25) is 14.6 Å². The van der Waals surface area contributed by atoms with Crippen LogP contribution in [-0.2, 0) is 7.05 Å². The summed E-state index contributed by atoms with van der Waals surface area (Å²) in [7, 11) is 3.08. The number of hydrogen-bond donors (Lipinski definition) is 1. The topological polar surface area (TPSA) is 73.2 Å². The zero-order valence-corrected chi connectivity index (χ0v) is 10.6. The molecule has 0 spiro atoms. The van der Waals surface area contributed by atoms with Gasteiger partial charge in [-0.1, -0.05) is 0 Å². The Morgan fingerprint density at radius 2 is 2.26 bits per heavy atom. The summed E-state index contributed by atoms with van der Waals surface area (Å²) in [6.07, 6.45) is 4.61. The first kappa shape index (κ1) is 12.8. The normalized spacial score (nSPS) is 10.0. The minimum atomic E-state index is -0.379. The molecule has 0 bridgehead atoms. The lowest BCUT2D eigenvalue weighted by molar-refractivity contribution is 0.101. The maximum absolute atomic E-state index is 12.0. The third-order valence-corrected chi connectivity index (χ3v) is 2.57. The summed E-state index contributed by atoms with van der Waals surface area (Å²) in [5.74, 6) is -0.185. The molecule has 0 fully saturated rings. The van der Waals surface area contributed by atoms with Crippen molar-refractivity contribution in [1.82, 2.24) is 9.55 Å². The molecule has 0 saturated heterocycles. The van der Waals surface area contributed by atoms with E-state index in [-0.39, 0.29) is 22.8 Å². The number of rotatable bonds is 3. The Kier molecular flexibility index (Phi) is 3.61. The first-order valence-corrected chi connectivity index (χ1v) is 5.58. The third kappa shape index (κ3) is 2.79. The van der Waals surface area contributed by atoms with Crippen LogP contribution in [0.5, 0.6) is 5.75 Å². The number of pyridine rings is 2. The lowest BCUT2D eigenvalue weighted by atomic mass is 10.3. The summed E-state index contributed by atoms with van der Waals surface area (Å²) in [5, 5.41) is 2.66. The van der Waals surface area contributed by atoms with Crippen LogP contribution in [0, 0.1) is 0 Å². The summed E-state index contributed by atoms with van der Waals surface area (Å²) >= 11 is 0. The van der Waals surface area contributed by atoms with Gasteiger partial charge in [0, 0.05) is 19.3 Å². The number of carbonyl (C=O) groups excluding carboxylic acids is 1. The number of aryl methyl sites for hydroxylation is 1. The Bertz CT molecular complexity index is 650. The second kappa shape index (κ2) is 5.34. The molecule has 0 radical (unpaired) electrons. The molecular formula is C13H13N3O3. The molecule has 98 valence electrons. The second-order valence-corrected chi connectivity index (χ2v) is 3.90. The maximum atomic E-state index is 12.0. The van der Waals surface area contributed by atoms with Crippen LogP contribution in [0.1, 0.15) is 10.5 Å². The summed E-state index contributed by atoms with van der Waals surface area (Å²) in [6, 6.07) is 4.67. The van der Waals surface area contributed by atoms with Crippen molar-refractivity contribution in [1.29, 1.82) is 0 Å².